The highest BCUT2D eigenvalue weighted by Gasteiger charge is 1.98. The van der Waals surface area contributed by atoms with Gasteiger partial charge in [-0.05, 0) is 29.8 Å². The normalized spacial score (nSPS) is 9.60. The topological polar surface area (TPSA) is 38.7 Å². The van der Waals surface area contributed by atoms with Crippen molar-refractivity contribution in [2.24, 2.45) is 0 Å². The minimum absolute atomic E-state index is 0.952. The number of aromatic nitrogens is 3. The Morgan fingerprint density at radius 2 is 1.45 bits per heavy atom. The molecule has 2 heterocycles. The van der Waals surface area contributed by atoms with Gasteiger partial charge in [0.1, 0.15) is 6.33 Å². The Morgan fingerprint density at radius 3 is 2.25 bits per heavy atom. The zero-order valence-electron chi connectivity index (χ0n) is 10.7. The van der Waals surface area contributed by atoms with E-state index in [1.165, 1.54) is 6.33 Å². The second-order valence-electron chi connectivity index (χ2n) is 4.19. The van der Waals surface area contributed by atoms with Crippen molar-refractivity contribution in [3.63, 3.8) is 0 Å². The maximum absolute atomic E-state index is 4.03. The van der Waals surface area contributed by atoms with E-state index in [1.54, 1.807) is 24.8 Å². The highest BCUT2D eigenvalue weighted by molar-refractivity contribution is 5.63. The zero-order chi connectivity index (χ0) is 13.6. The van der Waals surface area contributed by atoms with Gasteiger partial charge in [-0.3, -0.25) is 4.98 Å². The van der Waals surface area contributed by atoms with Gasteiger partial charge in [0.25, 0.3) is 0 Å². The molecule has 0 saturated carbocycles. The van der Waals surface area contributed by atoms with Crippen LogP contribution < -0.4 is 0 Å². The molecule has 0 amide bonds. The molecule has 0 spiro atoms. The van der Waals surface area contributed by atoms with Gasteiger partial charge in [0.05, 0.1) is 0 Å². The van der Waals surface area contributed by atoms with Crippen LogP contribution in [0.15, 0.2) is 67.5 Å². The molecule has 1 aromatic carbocycles. The van der Waals surface area contributed by atoms with Crippen LogP contribution in [0, 0.1) is 11.8 Å². The van der Waals surface area contributed by atoms with Gasteiger partial charge in [-0.2, -0.15) is 0 Å². The Hall–Kier alpha value is -2.99. The summed E-state index contributed by atoms with van der Waals surface area (Å²) < 4.78 is 0. The summed E-state index contributed by atoms with van der Waals surface area (Å²) in [6.07, 6.45) is 8.59. The predicted molar refractivity (Wildman–Crippen MR) is 77.7 cm³/mol. The first-order valence-corrected chi connectivity index (χ1v) is 6.19. The van der Waals surface area contributed by atoms with E-state index in [9.17, 15) is 0 Å². The van der Waals surface area contributed by atoms with Crippen LogP contribution in [0.2, 0.25) is 0 Å². The molecule has 0 unspecified atom stereocenters. The van der Waals surface area contributed by atoms with Gasteiger partial charge in [-0.15, -0.1) is 0 Å². The number of nitrogens with zero attached hydrogens (tertiary/aromatic N) is 3. The highest BCUT2D eigenvalue weighted by Crippen LogP contribution is 2.17. The third-order valence-electron chi connectivity index (χ3n) is 2.79. The molecule has 3 rings (SSSR count). The summed E-state index contributed by atoms with van der Waals surface area (Å²) in [6.45, 7) is 0. The Bertz CT molecular complexity index is 756. The molecule has 3 nitrogen and oxygen atoms in total. The number of pyridine rings is 1. The van der Waals surface area contributed by atoms with E-state index in [1.807, 2.05) is 36.4 Å². The van der Waals surface area contributed by atoms with Crippen LogP contribution in [0.25, 0.3) is 11.1 Å². The fraction of sp³-hybridized carbons (Fsp3) is 0. The van der Waals surface area contributed by atoms with Gasteiger partial charge in [-0.1, -0.05) is 24.0 Å². The van der Waals surface area contributed by atoms with Crippen LogP contribution in [0.4, 0.5) is 0 Å². The molecule has 3 aromatic rings. The summed E-state index contributed by atoms with van der Waals surface area (Å²) in [6, 6.07) is 11.8. The first-order valence-electron chi connectivity index (χ1n) is 6.19. The van der Waals surface area contributed by atoms with Crippen molar-refractivity contribution in [3.05, 3.63) is 78.6 Å². The van der Waals surface area contributed by atoms with E-state index in [4.69, 9.17) is 0 Å². The van der Waals surface area contributed by atoms with E-state index in [0.29, 0.717) is 0 Å². The molecule has 0 fully saturated rings. The van der Waals surface area contributed by atoms with Crippen molar-refractivity contribution in [2.75, 3.05) is 0 Å². The molecule has 0 N–H and O–H groups in total. The largest absolute Gasteiger partial charge is 0.265 e. The number of benzene rings is 1. The van der Waals surface area contributed by atoms with Crippen LogP contribution >= 0.6 is 0 Å². The molecule has 0 aliphatic heterocycles. The molecule has 0 atom stereocenters. The smallest absolute Gasteiger partial charge is 0.115 e. The molecule has 3 heteroatoms. The molecular weight excluding hydrogens is 246 g/mol. The second kappa shape index (κ2) is 5.77. The lowest BCUT2D eigenvalue weighted by Crippen LogP contribution is -1.83. The minimum atomic E-state index is 0.952. The van der Waals surface area contributed by atoms with Crippen molar-refractivity contribution in [1.29, 1.82) is 0 Å². The average Bonchev–Trinajstić information content (AvgIpc) is 2.55. The SMILES string of the molecule is C(#Cc1cccc(-c2cncnc2)c1)c1ccncc1. The Morgan fingerprint density at radius 1 is 0.700 bits per heavy atom. The molecule has 2 aromatic heterocycles. The van der Waals surface area contributed by atoms with E-state index in [-0.39, 0.29) is 0 Å². The van der Waals surface area contributed by atoms with E-state index < -0.39 is 0 Å². The predicted octanol–water partition coefficient (Wildman–Crippen LogP) is 2.94. The Kier molecular flexibility index (Phi) is 3.48. The molecule has 94 valence electrons. The lowest BCUT2D eigenvalue weighted by atomic mass is 10.1. The van der Waals surface area contributed by atoms with Gasteiger partial charge in [0.2, 0.25) is 0 Å². The number of hydrogen-bond donors (Lipinski definition) is 0. The van der Waals surface area contributed by atoms with Crippen LogP contribution in [-0.4, -0.2) is 15.0 Å². The molecule has 0 aliphatic carbocycles. The summed E-state index contributed by atoms with van der Waals surface area (Å²) in [5.74, 6) is 6.27. The molecule has 0 bridgehead atoms. The van der Waals surface area contributed by atoms with Gasteiger partial charge >= 0.3 is 0 Å². The summed E-state index contributed by atoms with van der Waals surface area (Å²) in [7, 11) is 0. The van der Waals surface area contributed by atoms with E-state index in [2.05, 4.69) is 26.8 Å². The first-order chi connectivity index (χ1) is 9.92. The lowest BCUT2D eigenvalue weighted by molar-refractivity contribution is 1.17. The van der Waals surface area contributed by atoms with Crippen LogP contribution in [0.5, 0.6) is 0 Å². The Labute approximate surface area is 117 Å². The fourth-order valence-electron chi connectivity index (χ4n) is 1.80. The zero-order valence-corrected chi connectivity index (χ0v) is 10.7. The summed E-state index contributed by atoms with van der Waals surface area (Å²) in [4.78, 5) is 12.0. The number of hydrogen-bond acceptors (Lipinski definition) is 3. The quantitative estimate of drug-likeness (QED) is 0.629. The second-order valence-corrected chi connectivity index (χ2v) is 4.19. The third kappa shape index (κ3) is 2.88. The van der Waals surface area contributed by atoms with Crippen molar-refractivity contribution < 1.29 is 0 Å². The molecule has 0 radical (unpaired) electrons. The summed E-state index contributed by atoms with van der Waals surface area (Å²) >= 11 is 0. The number of rotatable bonds is 1. The van der Waals surface area contributed by atoms with Crippen molar-refractivity contribution in [3.8, 4) is 23.0 Å². The standard InChI is InChI=1S/C17H11N3/c1-2-15(5-4-14-6-8-18-9-7-14)10-16(3-1)17-11-19-13-20-12-17/h1-3,6-13H. The van der Waals surface area contributed by atoms with Gasteiger partial charge < -0.3 is 0 Å². The fourth-order valence-corrected chi connectivity index (χ4v) is 1.80. The first kappa shape index (κ1) is 12.1. The van der Waals surface area contributed by atoms with Gasteiger partial charge in [0.15, 0.2) is 0 Å². The molecular formula is C17H11N3. The maximum Gasteiger partial charge on any atom is 0.115 e. The minimum Gasteiger partial charge on any atom is -0.265 e. The summed E-state index contributed by atoms with van der Waals surface area (Å²) in [5, 5.41) is 0. The van der Waals surface area contributed by atoms with Crippen molar-refractivity contribution in [2.45, 2.75) is 0 Å². The summed E-state index contributed by atoms with van der Waals surface area (Å²) in [5.41, 5.74) is 3.96. The van der Waals surface area contributed by atoms with E-state index in [0.717, 1.165) is 22.3 Å². The van der Waals surface area contributed by atoms with E-state index >= 15 is 0 Å². The lowest BCUT2D eigenvalue weighted by Gasteiger charge is -2.00. The monoisotopic (exact) mass is 257 g/mol. The van der Waals surface area contributed by atoms with Crippen LogP contribution in [0.3, 0.4) is 0 Å². The average molecular weight is 257 g/mol. The van der Waals surface area contributed by atoms with Crippen molar-refractivity contribution >= 4 is 0 Å². The van der Waals surface area contributed by atoms with Crippen LogP contribution in [0.1, 0.15) is 11.1 Å². The van der Waals surface area contributed by atoms with Crippen molar-refractivity contribution in [1.82, 2.24) is 15.0 Å². The van der Waals surface area contributed by atoms with Crippen LogP contribution in [-0.2, 0) is 0 Å². The molecule has 0 saturated heterocycles. The molecule has 20 heavy (non-hydrogen) atoms. The molecule has 0 aliphatic rings. The maximum atomic E-state index is 4.03. The van der Waals surface area contributed by atoms with Gasteiger partial charge in [-0.25, -0.2) is 9.97 Å². The third-order valence-corrected chi connectivity index (χ3v) is 2.79. The Balaban J connectivity index is 1.91. The van der Waals surface area contributed by atoms with Gasteiger partial charge in [0, 0.05) is 41.5 Å². The highest BCUT2D eigenvalue weighted by atomic mass is 14.8.